The van der Waals surface area contributed by atoms with Gasteiger partial charge in [0.25, 0.3) is 0 Å². The van der Waals surface area contributed by atoms with E-state index in [4.69, 9.17) is 9.47 Å². The molecule has 0 saturated carbocycles. The molecule has 1 aliphatic carbocycles. The lowest BCUT2D eigenvalue weighted by Gasteiger charge is -2.16. The van der Waals surface area contributed by atoms with Crippen molar-refractivity contribution in [2.45, 2.75) is 20.3 Å². The van der Waals surface area contributed by atoms with E-state index in [9.17, 15) is 9.59 Å². The van der Waals surface area contributed by atoms with E-state index in [0.29, 0.717) is 11.5 Å². The second-order valence-electron chi connectivity index (χ2n) is 6.89. The first kappa shape index (κ1) is 15.8. The highest BCUT2D eigenvalue weighted by molar-refractivity contribution is 6.17. The van der Waals surface area contributed by atoms with Gasteiger partial charge in [-0.05, 0) is 40.5 Å². The van der Waals surface area contributed by atoms with Gasteiger partial charge in [-0.1, -0.05) is 36.4 Å². The predicted molar refractivity (Wildman–Crippen MR) is 104 cm³/mol. The molecular weight excluding hydrogens is 340 g/mol. The van der Waals surface area contributed by atoms with Crippen molar-refractivity contribution in [2.24, 2.45) is 0 Å². The highest BCUT2D eigenvalue weighted by Crippen LogP contribution is 2.49. The van der Waals surface area contributed by atoms with E-state index in [-0.39, 0.29) is 11.9 Å². The summed E-state index contributed by atoms with van der Waals surface area (Å²) in [5, 5.41) is 5.24. The summed E-state index contributed by atoms with van der Waals surface area (Å²) in [6, 6.07) is 15.9. The van der Waals surface area contributed by atoms with Gasteiger partial charge in [-0.3, -0.25) is 9.59 Å². The van der Waals surface area contributed by atoms with E-state index in [1.54, 1.807) is 0 Å². The lowest BCUT2D eigenvalue weighted by molar-refractivity contribution is -0.132. The number of fused-ring (bicyclic) bond motifs is 5. The molecule has 0 fully saturated rings. The number of hydrogen-bond donors (Lipinski definition) is 0. The molecule has 27 heavy (non-hydrogen) atoms. The fourth-order valence-corrected chi connectivity index (χ4v) is 3.83. The van der Waals surface area contributed by atoms with Crippen molar-refractivity contribution in [3.63, 3.8) is 0 Å². The van der Waals surface area contributed by atoms with Crippen molar-refractivity contribution in [3.8, 4) is 11.5 Å². The predicted octanol–water partition coefficient (Wildman–Crippen LogP) is 4.90. The van der Waals surface area contributed by atoms with Gasteiger partial charge in [0.1, 0.15) is 11.5 Å². The molecule has 0 heterocycles. The van der Waals surface area contributed by atoms with Crippen molar-refractivity contribution in [2.75, 3.05) is 0 Å². The van der Waals surface area contributed by atoms with Crippen LogP contribution in [-0.4, -0.2) is 11.9 Å². The van der Waals surface area contributed by atoms with Crippen LogP contribution in [0.4, 0.5) is 0 Å². The summed E-state index contributed by atoms with van der Waals surface area (Å²) in [6.07, 6.45) is 0.858. The summed E-state index contributed by atoms with van der Waals surface area (Å²) in [5.41, 5.74) is 2.37. The second kappa shape index (κ2) is 5.55. The van der Waals surface area contributed by atoms with Gasteiger partial charge >= 0.3 is 11.9 Å². The molecule has 4 aromatic carbocycles. The van der Waals surface area contributed by atoms with E-state index in [1.807, 2.05) is 48.5 Å². The van der Waals surface area contributed by atoms with E-state index in [0.717, 1.165) is 44.3 Å². The molecule has 0 spiro atoms. The van der Waals surface area contributed by atoms with Crippen molar-refractivity contribution in [1.29, 1.82) is 0 Å². The molecule has 132 valence electrons. The maximum Gasteiger partial charge on any atom is 0.308 e. The molecule has 0 amide bonds. The highest BCUT2D eigenvalue weighted by atomic mass is 16.5. The van der Waals surface area contributed by atoms with Crippen LogP contribution in [0.15, 0.2) is 48.5 Å². The minimum atomic E-state index is -0.379. The first-order valence-corrected chi connectivity index (χ1v) is 8.82. The second-order valence-corrected chi connectivity index (χ2v) is 6.89. The molecule has 0 unspecified atom stereocenters. The van der Waals surface area contributed by atoms with Crippen molar-refractivity contribution in [3.05, 3.63) is 59.7 Å². The Morgan fingerprint density at radius 3 is 2.00 bits per heavy atom. The van der Waals surface area contributed by atoms with Crippen molar-refractivity contribution < 1.29 is 19.1 Å². The molecular formula is C23H16O4. The topological polar surface area (TPSA) is 52.6 Å². The van der Waals surface area contributed by atoms with Crippen molar-refractivity contribution in [1.82, 2.24) is 0 Å². The van der Waals surface area contributed by atoms with E-state index in [2.05, 4.69) is 0 Å². The first-order chi connectivity index (χ1) is 13.0. The summed E-state index contributed by atoms with van der Waals surface area (Å²) >= 11 is 0. The number of hydrogen-bond acceptors (Lipinski definition) is 4. The molecule has 0 bridgehead atoms. The molecule has 5 rings (SSSR count). The molecule has 0 saturated heterocycles. The quantitative estimate of drug-likeness (QED) is 0.256. The minimum absolute atomic E-state index is 0.371. The Hall–Kier alpha value is -3.40. The number of benzene rings is 4. The zero-order valence-electron chi connectivity index (χ0n) is 15.0. The van der Waals surface area contributed by atoms with Crippen LogP contribution < -0.4 is 9.47 Å². The summed E-state index contributed by atoms with van der Waals surface area (Å²) in [7, 11) is 0. The van der Waals surface area contributed by atoms with Crippen LogP contribution in [0.25, 0.3) is 32.3 Å². The van der Waals surface area contributed by atoms with Gasteiger partial charge < -0.3 is 9.47 Å². The maximum atomic E-state index is 11.8. The van der Waals surface area contributed by atoms with Gasteiger partial charge in [-0.2, -0.15) is 0 Å². The standard InChI is InChI=1S/C23H16O4/c1-12(24)26-22-17-8-7-16-11-18(16)21(17)23(27-13(2)25)20-10-15-6-4-3-5-14(15)9-19(20)22/h3-10H,11H2,1-2H3. The molecule has 0 aliphatic heterocycles. The van der Waals surface area contributed by atoms with E-state index >= 15 is 0 Å². The lowest BCUT2D eigenvalue weighted by Crippen LogP contribution is -2.06. The summed E-state index contributed by atoms with van der Waals surface area (Å²) in [6.45, 7) is 2.80. The summed E-state index contributed by atoms with van der Waals surface area (Å²) < 4.78 is 11.3. The van der Waals surface area contributed by atoms with Gasteiger partial charge in [0, 0.05) is 35.4 Å². The number of carbonyl (C=O) groups excluding carboxylic acids is 2. The molecule has 0 radical (unpaired) electrons. The zero-order valence-corrected chi connectivity index (χ0v) is 15.0. The molecule has 0 N–H and O–H groups in total. The van der Waals surface area contributed by atoms with Gasteiger partial charge in [-0.25, -0.2) is 0 Å². The van der Waals surface area contributed by atoms with Gasteiger partial charge in [0.2, 0.25) is 0 Å². The molecule has 4 aromatic rings. The van der Waals surface area contributed by atoms with Crippen LogP contribution in [0, 0.1) is 0 Å². The van der Waals surface area contributed by atoms with Crippen LogP contribution in [0.3, 0.4) is 0 Å². The first-order valence-electron chi connectivity index (χ1n) is 8.82. The van der Waals surface area contributed by atoms with Crippen molar-refractivity contribution >= 4 is 44.3 Å². The SMILES string of the molecule is CC(=O)Oc1c2cc3ccccc3cc2c(OC(C)=O)c2c3c(ccc12)C3. The Balaban J connectivity index is 2.01. The monoisotopic (exact) mass is 356 g/mol. The molecule has 1 aliphatic rings. The zero-order chi connectivity index (χ0) is 18.7. The molecule has 0 atom stereocenters. The number of esters is 2. The Bertz CT molecular complexity index is 1300. The number of ether oxygens (including phenoxy) is 2. The average Bonchev–Trinajstić information content (AvgIpc) is 3.42. The lowest BCUT2D eigenvalue weighted by atomic mass is 9.97. The summed E-state index contributed by atoms with van der Waals surface area (Å²) in [5.74, 6) is 0.312. The normalized spacial score (nSPS) is 12.2. The smallest absolute Gasteiger partial charge is 0.308 e. The van der Waals surface area contributed by atoms with E-state index < -0.39 is 0 Å². The molecule has 0 aromatic heterocycles. The summed E-state index contributed by atoms with van der Waals surface area (Å²) in [4.78, 5) is 23.7. The molecule has 4 nitrogen and oxygen atoms in total. The number of rotatable bonds is 2. The van der Waals surface area contributed by atoms with Gasteiger partial charge in [0.15, 0.2) is 0 Å². The van der Waals surface area contributed by atoms with Crippen LogP contribution in [0.2, 0.25) is 0 Å². The third-order valence-electron chi connectivity index (χ3n) is 4.99. The highest BCUT2D eigenvalue weighted by Gasteiger charge is 2.28. The van der Waals surface area contributed by atoms with E-state index in [1.165, 1.54) is 19.4 Å². The average molecular weight is 356 g/mol. The van der Waals surface area contributed by atoms with Crippen LogP contribution in [0.5, 0.6) is 11.5 Å². The largest absolute Gasteiger partial charge is 0.425 e. The Morgan fingerprint density at radius 2 is 1.37 bits per heavy atom. The Labute approximate surface area is 155 Å². The number of carbonyl (C=O) groups is 2. The maximum absolute atomic E-state index is 11.8. The van der Waals surface area contributed by atoms with Crippen LogP contribution in [-0.2, 0) is 16.0 Å². The third-order valence-corrected chi connectivity index (χ3v) is 4.99. The Kier molecular flexibility index (Phi) is 3.25. The van der Waals surface area contributed by atoms with Crippen LogP contribution >= 0.6 is 0 Å². The fourth-order valence-electron chi connectivity index (χ4n) is 3.83. The van der Waals surface area contributed by atoms with Gasteiger partial charge in [-0.15, -0.1) is 0 Å². The molecule has 4 heteroatoms. The van der Waals surface area contributed by atoms with Gasteiger partial charge in [0.05, 0.1) is 0 Å². The van der Waals surface area contributed by atoms with Crippen LogP contribution in [0.1, 0.15) is 25.0 Å². The minimum Gasteiger partial charge on any atom is -0.425 e. The fraction of sp³-hybridized carbons (Fsp3) is 0.130. The Morgan fingerprint density at radius 1 is 0.778 bits per heavy atom. The third kappa shape index (κ3) is 2.45.